The molecule has 6 heteroatoms. The lowest BCUT2D eigenvalue weighted by atomic mass is 9.97. The summed E-state index contributed by atoms with van der Waals surface area (Å²) in [5.41, 5.74) is 7.10. The molecule has 1 aromatic carbocycles. The van der Waals surface area contributed by atoms with E-state index >= 15 is 0 Å². The number of hydrogen-bond donors (Lipinski definition) is 1. The molecule has 2 fully saturated rings. The lowest BCUT2D eigenvalue weighted by Gasteiger charge is -2.37. The SMILES string of the molecule is COc1ccc([N+](=O)[O-])cc1CN1C2CCC1CC(N)C2. The number of nitro groups is 1. The third kappa shape index (κ3) is 2.73. The third-order valence-electron chi connectivity index (χ3n) is 4.75. The van der Waals surface area contributed by atoms with Crippen LogP contribution in [0.2, 0.25) is 0 Å². The quantitative estimate of drug-likeness (QED) is 0.678. The van der Waals surface area contributed by atoms with Crippen molar-refractivity contribution in [2.75, 3.05) is 7.11 Å². The summed E-state index contributed by atoms with van der Waals surface area (Å²) in [5.74, 6) is 0.717. The van der Waals surface area contributed by atoms with Gasteiger partial charge in [-0.05, 0) is 31.7 Å². The van der Waals surface area contributed by atoms with E-state index in [0.29, 0.717) is 24.7 Å². The molecule has 0 aliphatic carbocycles. The van der Waals surface area contributed by atoms with E-state index in [0.717, 1.165) is 24.2 Å². The van der Waals surface area contributed by atoms with Crippen LogP contribution >= 0.6 is 0 Å². The number of piperidine rings is 1. The van der Waals surface area contributed by atoms with Gasteiger partial charge in [-0.15, -0.1) is 0 Å². The van der Waals surface area contributed by atoms with Crippen molar-refractivity contribution in [3.05, 3.63) is 33.9 Å². The first-order valence-corrected chi connectivity index (χ1v) is 7.41. The first-order valence-electron chi connectivity index (χ1n) is 7.41. The van der Waals surface area contributed by atoms with E-state index in [4.69, 9.17) is 10.5 Å². The molecule has 2 N–H and O–H groups in total. The van der Waals surface area contributed by atoms with E-state index in [9.17, 15) is 10.1 Å². The largest absolute Gasteiger partial charge is 0.496 e. The van der Waals surface area contributed by atoms with Crippen molar-refractivity contribution >= 4 is 5.69 Å². The fraction of sp³-hybridized carbons (Fsp3) is 0.600. The standard InChI is InChI=1S/C15H21N3O3/c1-21-15-5-4-14(18(19)20)6-10(15)9-17-12-2-3-13(17)8-11(16)7-12/h4-6,11-13H,2-3,7-9,16H2,1H3. The summed E-state index contributed by atoms with van der Waals surface area (Å²) in [4.78, 5) is 13.1. The molecular weight excluding hydrogens is 270 g/mol. The zero-order valence-electron chi connectivity index (χ0n) is 12.2. The number of fused-ring (bicyclic) bond motifs is 2. The maximum absolute atomic E-state index is 11.0. The van der Waals surface area contributed by atoms with E-state index in [2.05, 4.69) is 4.90 Å². The summed E-state index contributed by atoms with van der Waals surface area (Å²) in [6.45, 7) is 0.701. The molecular formula is C15H21N3O3. The summed E-state index contributed by atoms with van der Waals surface area (Å²) in [6, 6.07) is 6.11. The van der Waals surface area contributed by atoms with Crippen LogP contribution in [0.4, 0.5) is 5.69 Å². The number of non-ortho nitro benzene ring substituents is 1. The number of benzene rings is 1. The molecule has 6 nitrogen and oxygen atoms in total. The van der Waals surface area contributed by atoms with Crippen molar-refractivity contribution in [3.8, 4) is 5.75 Å². The molecule has 3 rings (SSSR count). The van der Waals surface area contributed by atoms with Crippen LogP contribution in [0.5, 0.6) is 5.75 Å². The van der Waals surface area contributed by atoms with Gasteiger partial charge in [-0.2, -0.15) is 0 Å². The average molecular weight is 291 g/mol. The number of rotatable bonds is 4. The molecule has 0 amide bonds. The van der Waals surface area contributed by atoms with Gasteiger partial charge in [0.05, 0.1) is 12.0 Å². The lowest BCUT2D eigenvalue weighted by Crippen LogP contribution is -2.46. The van der Waals surface area contributed by atoms with Crippen molar-refractivity contribution in [2.45, 2.75) is 50.4 Å². The molecule has 2 heterocycles. The zero-order chi connectivity index (χ0) is 15.0. The topological polar surface area (TPSA) is 81.6 Å². The van der Waals surface area contributed by atoms with Gasteiger partial charge in [-0.25, -0.2) is 0 Å². The number of methoxy groups -OCH3 is 1. The zero-order valence-corrected chi connectivity index (χ0v) is 12.2. The Morgan fingerprint density at radius 1 is 1.38 bits per heavy atom. The Morgan fingerprint density at radius 3 is 2.62 bits per heavy atom. The molecule has 2 saturated heterocycles. The minimum absolute atomic E-state index is 0.117. The number of nitrogens with zero attached hydrogens (tertiary/aromatic N) is 2. The van der Waals surface area contributed by atoms with Gasteiger partial charge in [-0.1, -0.05) is 0 Å². The molecule has 2 atom stereocenters. The smallest absolute Gasteiger partial charge is 0.270 e. The lowest BCUT2D eigenvalue weighted by molar-refractivity contribution is -0.385. The maximum Gasteiger partial charge on any atom is 0.270 e. The van der Waals surface area contributed by atoms with Gasteiger partial charge in [0.25, 0.3) is 5.69 Å². The van der Waals surface area contributed by atoms with Crippen LogP contribution in [0, 0.1) is 10.1 Å². The first kappa shape index (κ1) is 14.3. The molecule has 2 bridgehead atoms. The number of hydrogen-bond acceptors (Lipinski definition) is 5. The predicted molar refractivity (Wildman–Crippen MR) is 79.2 cm³/mol. The van der Waals surface area contributed by atoms with E-state index in [1.54, 1.807) is 19.2 Å². The number of nitrogens with two attached hydrogens (primary N) is 1. The highest BCUT2D eigenvalue weighted by molar-refractivity contribution is 5.44. The first-order chi connectivity index (χ1) is 10.1. The average Bonchev–Trinajstić information content (AvgIpc) is 2.70. The Balaban J connectivity index is 1.84. The van der Waals surface area contributed by atoms with Crippen molar-refractivity contribution in [1.29, 1.82) is 0 Å². The van der Waals surface area contributed by atoms with E-state index in [-0.39, 0.29) is 10.6 Å². The second-order valence-corrected chi connectivity index (χ2v) is 6.04. The van der Waals surface area contributed by atoms with Crippen LogP contribution < -0.4 is 10.5 Å². The van der Waals surface area contributed by atoms with Crippen molar-refractivity contribution in [3.63, 3.8) is 0 Å². The van der Waals surface area contributed by atoms with E-state index < -0.39 is 0 Å². The van der Waals surface area contributed by atoms with Crippen LogP contribution in [0.1, 0.15) is 31.2 Å². The molecule has 0 spiro atoms. The summed E-state index contributed by atoms with van der Waals surface area (Å²) < 4.78 is 5.36. The van der Waals surface area contributed by atoms with Crippen molar-refractivity contribution in [2.24, 2.45) is 5.73 Å². The molecule has 114 valence electrons. The molecule has 0 aromatic heterocycles. The highest BCUT2D eigenvalue weighted by Gasteiger charge is 2.39. The van der Waals surface area contributed by atoms with Gasteiger partial charge >= 0.3 is 0 Å². The Kier molecular flexibility index (Phi) is 3.82. The summed E-state index contributed by atoms with van der Waals surface area (Å²) in [7, 11) is 1.60. The fourth-order valence-electron chi connectivity index (χ4n) is 3.77. The number of ether oxygens (including phenoxy) is 1. The van der Waals surface area contributed by atoms with Crippen LogP contribution in [0.25, 0.3) is 0 Å². The summed E-state index contributed by atoms with van der Waals surface area (Å²) in [6.07, 6.45) is 4.40. The molecule has 0 saturated carbocycles. The molecule has 2 unspecified atom stereocenters. The molecule has 21 heavy (non-hydrogen) atoms. The Bertz CT molecular complexity index is 535. The molecule has 0 radical (unpaired) electrons. The Morgan fingerprint density at radius 2 is 2.05 bits per heavy atom. The Hall–Kier alpha value is -1.66. The Labute approximate surface area is 124 Å². The predicted octanol–water partition coefficient (Wildman–Crippen LogP) is 2.06. The van der Waals surface area contributed by atoms with Crippen LogP contribution in [-0.4, -0.2) is 35.1 Å². The van der Waals surface area contributed by atoms with Crippen LogP contribution in [0.15, 0.2) is 18.2 Å². The maximum atomic E-state index is 11.0. The van der Waals surface area contributed by atoms with Crippen LogP contribution in [-0.2, 0) is 6.54 Å². The van der Waals surface area contributed by atoms with Gasteiger partial charge in [0, 0.05) is 42.4 Å². The van der Waals surface area contributed by atoms with E-state index in [1.165, 1.54) is 18.9 Å². The van der Waals surface area contributed by atoms with Gasteiger partial charge in [-0.3, -0.25) is 15.0 Å². The number of nitro benzene ring substituents is 1. The minimum atomic E-state index is -0.357. The molecule has 1 aromatic rings. The van der Waals surface area contributed by atoms with Gasteiger partial charge < -0.3 is 10.5 Å². The summed E-state index contributed by atoms with van der Waals surface area (Å²) in [5, 5.41) is 11.0. The highest BCUT2D eigenvalue weighted by atomic mass is 16.6. The molecule has 2 aliphatic rings. The fourth-order valence-corrected chi connectivity index (χ4v) is 3.77. The second kappa shape index (κ2) is 5.61. The second-order valence-electron chi connectivity index (χ2n) is 6.04. The van der Waals surface area contributed by atoms with Gasteiger partial charge in [0.15, 0.2) is 0 Å². The van der Waals surface area contributed by atoms with Gasteiger partial charge in [0.2, 0.25) is 0 Å². The molecule has 2 aliphatic heterocycles. The summed E-state index contributed by atoms with van der Waals surface area (Å²) >= 11 is 0. The third-order valence-corrected chi connectivity index (χ3v) is 4.75. The normalized spacial score (nSPS) is 28.6. The van der Waals surface area contributed by atoms with Crippen molar-refractivity contribution < 1.29 is 9.66 Å². The van der Waals surface area contributed by atoms with Crippen molar-refractivity contribution in [1.82, 2.24) is 4.90 Å². The van der Waals surface area contributed by atoms with E-state index in [1.807, 2.05) is 0 Å². The van der Waals surface area contributed by atoms with Crippen LogP contribution in [0.3, 0.4) is 0 Å². The minimum Gasteiger partial charge on any atom is -0.496 e. The highest BCUT2D eigenvalue weighted by Crippen LogP contribution is 2.37. The monoisotopic (exact) mass is 291 g/mol. The van der Waals surface area contributed by atoms with Gasteiger partial charge in [0.1, 0.15) is 5.75 Å².